The fourth-order valence-electron chi connectivity index (χ4n) is 4.65. The summed E-state index contributed by atoms with van der Waals surface area (Å²) in [5.41, 5.74) is 8.16. The standard InChI is InChI=1S/2C16H13.C2H6Si.2ClH.Hf/c2*1-12-6-4-10-14(12)16-11-5-8-13-7-2-3-9-15(13)16;1-3-2;;;/h2*2-3,5,7-11H,4H2,1H3;1-2H3;2*1H;/q2*-1;;;;+2/p-2. The molecule has 0 spiro atoms. The van der Waals surface area contributed by atoms with Crippen LogP contribution in [0.25, 0.3) is 32.7 Å². The SMILES string of the molecule is CC1=[C-]CC=C1c1cccc2ccccc12.CC1=[C-]CC=C1c1cccc2ccccc12.C[Si](C)=[Hf+2].[Cl-].[Cl-]. The second kappa shape index (κ2) is 15.6. The van der Waals surface area contributed by atoms with Gasteiger partial charge in [-0.1, -0.05) is 110 Å². The first-order valence-corrected chi connectivity index (χ1v) is 20.4. The van der Waals surface area contributed by atoms with Crippen LogP contribution in [0.3, 0.4) is 0 Å². The first-order chi connectivity index (χ1) is 17.5. The fraction of sp³-hybridized carbons (Fsp3) is 0.176. The minimum Gasteiger partial charge on any atom is -1.00 e. The Morgan fingerprint density at radius 3 is 1.26 bits per heavy atom. The summed E-state index contributed by atoms with van der Waals surface area (Å²) in [6.07, 6.45) is 13.1. The van der Waals surface area contributed by atoms with Gasteiger partial charge in [0.2, 0.25) is 0 Å². The van der Waals surface area contributed by atoms with E-state index >= 15 is 0 Å². The van der Waals surface area contributed by atoms with Gasteiger partial charge < -0.3 is 24.8 Å². The molecule has 0 nitrogen and oxygen atoms in total. The third-order valence-corrected chi connectivity index (χ3v) is 6.31. The molecule has 0 radical (unpaired) electrons. The summed E-state index contributed by atoms with van der Waals surface area (Å²) >= 11 is 1.45. The van der Waals surface area contributed by atoms with Gasteiger partial charge in [-0.2, -0.15) is 23.3 Å². The van der Waals surface area contributed by atoms with Crippen molar-refractivity contribution in [3.05, 3.63) is 132 Å². The Kier molecular flexibility index (Phi) is 13.2. The van der Waals surface area contributed by atoms with E-state index in [-0.39, 0.29) is 30.3 Å². The second-order valence-corrected chi connectivity index (χ2v) is 22.1. The number of benzene rings is 4. The molecule has 192 valence electrons. The Morgan fingerprint density at radius 2 is 0.921 bits per heavy atom. The molecule has 0 heterocycles. The van der Waals surface area contributed by atoms with E-state index in [1.807, 2.05) is 0 Å². The molecule has 38 heavy (non-hydrogen) atoms. The molecule has 0 N–H and O–H groups in total. The first kappa shape index (κ1) is 32.2. The molecule has 0 atom stereocenters. The van der Waals surface area contributed by atoms with Crippen LogP contribution in [0.5, 0.6) is 0 Å². The van der Waals surface area contributed by atoms with Crippen molar-refractivity contribution in [2.45, 2.75) is 39.8 Å². The Balaban J connectivity index is 0.000000224. The molecule has 2 aliphatic rings. The van der Waals surface area contributed by atoms with Crippen LogP contribution in [0, 0.1) is 12.2 Å². The van der Waals surface area contributed by atoms with Gasteiger partial charge in [-0.25, -0.2) is 11.1 Å². The zero-order valence-corrected chi connectivity index (χ0v) is 28.5. The summed E-state index contributed by atoms with van der Waals surface area (Å²) in [5.74, 6) is 0. The van der Waals surface area contributed by atoms with Crippen molar-refractivity contribution in [3.63, 3.8) is 0 Å². The molecule has 0 fully saturated rings. The molecule has 0 aromatic heterocycles. The average molecular weight is 718 g/mol. The largest absolute Gasteiger partial charge is 1.00 e. The van der Waals surface area contributed by atoms with Crippen molar-refractivity contribution in [1.82, 2.24) is 0 Å². The molecule has 0 amide bonds. The van der Waals surface area contributed by atoms with Gasteiger partial charge in [-0.15, -0.1) is 12.8 Å². The van der Waals surface area contributed by atoms with Gasteiger partial charge in [-0.3, -0.25) is 12.2 Å². The zero-order valence-electron chi connectivity index (χ0n) is 22.4. The minimum atomic E-state index is 0. The molecule has 0 unspecified atom stereocenters. The summed E-state index contributed by atoms with van der Waals surface area (Å²) in [7, 11) is 0. The minimum absolute atomic E-state index is 0. The van der Waals surface area contributed by atoms with E-state index in [1.54, 1.807) is 0 Å². The number of hydrogen-bond acceptors (Lipinski definition) is 0. The van der Waals surface area contributed by atoms with Gasteiger partial charge in [0.1, 0.15) is 0 Å². The first-order valence-electron chi connectivity index (χ1n) is 12.5. The maximum Gasteiger partial charge on any atom is -1.00 e. The third-order valence-electron chi connectivity index (χ3n) is 6.31. The molecule has 2 aliphatic carbocycles. The van der Waals surface area contributed by atoms with Crippen LogP contribution in [0.4, 0.5) is 0 Å². The fourth-order valence-corrected chi connectivity index (χ4v) is 4.65. The Morgan fingerprint density at radius 1 is 0.579 bits per heavy atom. The Hall–Kier alpha value is -1.97. The summed E-state index contributed by atoms with van der Waals surface area (Å²) in [6.45, 7) is 8.94. The van der Waals surface area contributed by atoms with E-state index in [2.05, 4.69) is 136 Å². The average Bonchev–Trinajstić information content (AvgIpc) is 3.51. The van der Waals surface area contributed by atoms with Gasteiger partial charge in [-0.05, 0) is 21.5 Å². The number of fused-ring (bicyclic) bond motifs is 2. The molecular formula is C34H32Cl2HfSi-2. The van der Waals surface area contributed by atoms with Crippen LogP contribution in [0.2, 0.25) is 13.1 Å². The molecule has 0 bridgehead atoms. The van der Waals surface area contributed by atoms with Crippen molar-refractivity contribution in [2.75, 3.05) is 0 Å². The van der Waals surface area contributed by atoms with Gasteiger partial charge in [0.25, 0.3) is 0 Å². The van der Waals surface area contributed by atoms with E-state index in [4.69, 9.17) is 0 Å². The van der Waals surface area contributed by atoms with E-state index < -0.39 is 0 Å². The monoisotopic (exact) mass is 718 g/mol. The van der Waals surface area contributed by atoms with E-state index in [1.165, 1.54) is 78.0 Å². The summed E-state index contributed by atoms with van der Waals surface area (Å²) in [4.78, 5) is 0. The van der Waals surface area contributed by atoms with Crippen LogP contribution in [0.15, 0.2) is 108 Å². The van der Waals surface area contributed by atoms with Crippen LogP contribution in [-0.2, 0) is 23.0 Å². The number of halogens is 2. The Labute approximate surface area is 255 Å². The number of hydrogen-bond donors (Lipinski definition) is 0. The summed E-state index contributed by atoms with van der Waals surface area (Å²) < 4.78 is 0. The predicted octanol–water partition coefficient (Wildman–Crippen LogP) is 3.55. The van der Waals surface area contributed by atoms with Crippen molar-refractivity contribution in [1.29, 1.82) is 0 Å². The summed E-state index contributed by atoms with van der Waals surface area (Å²) in [5, 5.41) is 5.28. The summed E-state index contributed by atoms with van der Waals surface area (Å²) in [6, 6.07) is 30.1. The molecule has 4 aromatic rings. The maximum absolute atomic E-state index is 3.36. The van der Waals surface area contributed by atoms with Gasteiger partial charge >= 0.3 is 41.6 Å². The van der Waals surface area contributed by atoms with Crippen molar-refractivity contribution >= 4 is 38.2 Å². The van der Waals surface area contributed by atoms with E-state index in [0.717, 1.165) is 12.8 Å². The van der Waals surface area contributed by atoms with Crippen LogP contribution < -0.4 is 24.8 Å². The Bertz CT molecular complexity index is 1420. The zero-order chi connectivity index (χ0) is 25.5. The molecule has 0 saturated heterocycles. The van der Waals surface area contributed by atoms with Crippen molar-refractivity contribution in [3.8, 4) is 0 Å². The predicted molar refractivity (Wildman–Crippen MR) is 155 cm³/mol. The van der Waals surface area contributed by atoms with Crippen molar-refractivity contribution < 1.29 is 47.8 Å². The molecule has 4 heteroatoms. The molecule has 0 saturated carbocycles. The van der Waals surface area contributed by atoms with Gasteiger partial charge in [0, 0.05) is 0 Å². The number of rotatable bonds is 2. The topological polar surface area (TPSA) is 0 Å². The van der Waals surface area contributed by atoms with Crippen LogP contribution in [0.1, 0.15) is 37.8 Å². The second-order valence-electron chi connectivity index (χ2n) is 9.30. The number of allylic oxidation sites excluding steroid dienone is 8. The normalized spacial score (nSPS) is 13.4. The molecule has 4 aromatic carbocycles. The molecule has 0 aliphatic heterocycles. The van der Waals surface area contributed by atoms with E-state index in [0.29, 0.717) is 0 Å². The molecule has 6 rings (SSSR count). The quantitative estimate of drug-likeness (QED) is 0.220. The van der Waals surface area contributed by atoms with E-state index in [9.17, 15) is 0 Å². The van der Waals surface area contributed by atoms with Gasteiger partial charge in [0.15, 0.2) is 0 Å². The smallest absolute Gasteiger partial charge is 1.00 e. The maximum atomic E-state index is 3.36. The van der Waals surface area contributed by atoms with Crippen LogP contribution >= 0.6 is 0 Å². The molecular weight excluding hydrogens is 686 g/mol. The van der Waals surface area contributed by atoms with Gasteiger partial charge in [0.05, 0.1) is 0 Å². The van der Waals surface area contributed by atoms with Crippen LogP contribution in [-0.4, -0.2) is 5.49 Å². The third kappa shape index (κ3) is 8.02. The van der Waals surface area contributed by atoms with Crippen molar-refractivity contribution in [2.24, 2.45) is 0 Å².